The SMILES string of the molecule is Cn1c(COc2ccccc2Cl)nnc1SCC(=O)Nc1ccc(N2CCCCCC2)cc1. The summed E-state index contributed by atoms with van der Waals surface area (Å²) < 4.78 is 7.56. The van der Waals surface area contributed by atoms with Crippen LogP contribution in [0.3, 0.4) is 0 Å². The molecule has 1 amide bonds. The molecule has 1 saturated heterocycles. The second-order valence-corrected chi connectivity index (χ2v) is 9.31. The van der Waals surface area contributed by atoms with Crippen molar-refractivity contribution in [2.45, 2.75) is 37.4 Å². The molecule has 9 heteroatoms. The van der Waals surface area contributed by atoms with Crippen molar-refractivity contribution < 1.29 is 9.53 Å². The van der Waals surface area contributed by atoms with E-state index in [1.165, 1.54) is 43.1 Å². The topological polar surface area (TPSA) is 72.3 Å². The number of benzene rings is 2. The van der Waals surface area contributed by atoms with E-state index in [1.54, 1.807) is 12.1 Å². The summed E-state index contributed by atoms with van der Waals surface area (Å²) in [6.45, 7) is 2.44. The van der Waals surface area contributed by atoms with Crippen molar-refractivity contribution in [3.63, 3.8) is 0 Å². The summed E-state index contributed by atoms with van der Waals surface area (Å²) in [5.74, 6) is 1.41. The predicted molar refractivity (Wildman–Crippen MR) is 133 cm³/mol. The van der Waals surface area contributed by atoms with Gasteiger partial charge in [-0.15, -0.1) is 10.2 Å². The minimum absolute atomic E-state index is 0.0839. The van der Waals surface area contributed by atoms with Gasteiger partial charge in [-0.05, 0) is 49.2 Å². The van der Waals surface area contributed by atoms with E-state index in [9.17, 15) is 4.79 Å². The Labute approximate surface area is 203 Å². The van der Waals surface area contributed by atoms with E-state index in [4.69, 9.17) is 16.3 Å². The summed E-state index contributed by atoms with van der Waals surface area (Å²) in [4.78, 5) is 14.9. The molecule has 2 aromatic carbocycles. The lowest BCUT2D eigenvalue weighted by atomic mass is 10.2. The third-order valence-corrected chi connectivity index (χ3v) is 6.91. The van der Waals surface area contributed by atoms with Gasteiger partial charge in [0.2, 0.25) is 5.91 Å². The van der Waals surface area contributed by atoms with Crippen molar-refractivity contribution >= 4 is 40.6 Å². The maximum atomic E-state index is 12.4. The van der Waals surface area contributed by atoms with Gasteiger partial charge in [0, 0.05) is 31.5 Å². The van der Waals surface area contributed by atoms with Gasteiger partial charge in [0.1, 0.15) is 12.4 Å². The lowest BCUT2D eigenvalue weighted by Crippen LogP contribution is -2.23. The number of ether oxygens (including phenoxy) is 1. The molecule has 0 spiro atoms. The van der Waals surface area contributed by atoms with Crippen molar-refractivity contribution in [2.24, 2.45) is 7.05 Å². The number of halogens is 1. The van der Waals surface area contributed by atoms with Crippen LogP contribution in [-0.4, -0.2) is 39.5 Å². The Morgan fingerprint density at radius 2 is 1.79 bits per heavy atom. The van der Waals surface area contributed by atoms with E-state index in [-0.39, 0.29) is 18.3 Å². The Kier molecular flexibility index (Phi) is 8.12. The van der Waals surface area contributed by atoms with Crippen LogP contribution in [0.4, 0.5) is 11.4 Å². The molecule has 0 aliphatic carbocycles. The molecule has 7 nitrogen and oxygen atoms in total. The molecule has 4 rings (SSSR count). The zero-order chi connectivity index (χ0) is 23.0. The summed E-state index contributed by atoms with van der Waals surface area (Å²) in [6.07, 6.45) is 5.10. The van der Waals surface area contributed by atoms with Gasteiger partial charge in [-0.25, -0.2) is 0 Å². The number of hydrogen-bond acceptors (Lipinski definition) is 6. The second-order valence-electron chi connectivity index (χ2n) is 7.96. The number of carbonyl (C=O) groups is 1. The van der Waals surface area contributed by atoms with E-state index < -0.39 is 0 Å². The largest absolute Gasteiger partial charge is 0.484 e. The van der Waals surface area contributed by atoms with Crippen LogP contribution in [0, 0.1) is 0 Å². The molecule has 0 bridgehead atoms. The number of hydrogen-bond donors (Lipinski definition) is 1. The van der Waals surface area contributed by atoms with E-state index in [0.29, 0.717) is 21.8 Å². The Bertz CT molecular complexity index is 1060. The molecule has 2 heterocycles. The minimum Gasteiger partial charge on any atom is -0.484 e. The highest BCUT2D eigenvalue weighted by molar-refractivity contribution is 7.99. The van der Waals surface area contributed by atoms with Gasteiger partial charge >= 0.3 is 0 Å². The number of nitrogens with one attached hydrogen (secondary N) is 1. The molecule has 0 saturated carbocycles. The normalized spacial score (nSPS) is 14.1. The summed E-state index contributed by atoms with van der Waals surface area (Å²) in [5.41, 5.74) is 2.01. The van der Waals surface area contributed by atoms with E-state index >= 15 is 0 Å². The number of amides is 1. The number of para-hydroxylation sites is 1. The summed E-state index contributed by atoms with van der Waals surface area (Å²) in [6, 6.07) is 15.4. The maximum Gasteiger partial charge on any atom is 0.234 e. The van der Waals surface area contributed by atoms with Gasteiger partial charge in [0.05, 0.1) is 10.8 Å². The van der Waals surface area contributed by atoms with Crippen LogP contribution < -0.4 is 15.0 Å². The number of aromatic nitrogens is 3. The van der Waals surface area contributed by atoms with Crippen molar-refractivity contribution in [3.8, 4) is 5.75 Å². The molecule has 1 N–H and O–H groups in total. The summed E-state index contributed by atoms with van der Waals surface area (Å²) in [7, 11) is 1.85. The van der Waals surface area contributed by atoms with Gasteiger partial charge in [-0.2, -0.15) is 0 Å². The highest BCUT2D eigenvalue weighted by atomic mass is 35.5. The van der Waals surface area contributed by atoms with Gasteiger partial charge in [-0.3, -0.25) is 4.79 Å². The third kappa shape index (κ3) is 6.42. The summed E-state index contributed by atoms with van der Waals surface area (Å²) >= 11 is 7.46. The van der Waals surface area contributed by atoms with Crippen LogP contribution in [0.25, 0.3) is 0 Å². The van der Waals surface area contributed by atoms with Crippen LogP contribution in [0.2, 0.25) is 5.02 Å². The quantitative estimate of drug-likeness (QED) is 0.444. The second kappa shape index (κ2) is 11.4. The van der Waals surface area contributed by atoms with Crippen molar-refractivity contribution in [2.75, 3.05) is 29.1 Å². The van der Waals surface area contributed by atoms with Crippen molar-refractivity contribution in [3.05, 3.63) is 59.4 Å². The molecular formula is C24H28ClN5O2S. The molecule has 1 aromatic heterocycles. The average Bonchev–Trinajstić information content (AvgIpc) is 3.00. The number of thioether (sulfide) groups is 1. The van der Waals surface area contributed by atoms with Crippen LogP contribution in [0.1, 0.15) is 31.5 Å². The molecule has 0 unspecified atom stereocenters. The van der Waals surface area contributed by atoms with Crippen LogP contribution in [-0.2, 0) is 18.4 Å². The minimum atomic E-state index is -0.0839. The molecule has 33 heavy (non-hydrogen) atoms. The van der Waals surface area contributed by atoms with Crippen molar-refractivity contribution in [1.29, 1.82) is 0 Å². The molecule has 174 valence electrons. The zero-order valence-corrected chi connectivity index (χ0v) is 20.2. The van der Waals surface area contributed by atoms with E-state index in [1.807, 2.05) is 35.9 Å². The molecular weight excluding hydrogens is 458 g/mol. The zero-order valence-electron chi connectivity index (χ0n) is 18.7. The fraction of sp³-hybridized carbons (Fsp3) is 0.375. The number of anilines is 2. The van der Waals surface area contributed by atoms with Gasteiger partial charge in [-0.1, -0.05) is 48.3 Å². The van der Waals surface area contributed by atoms with Crippen LogP contribution in [0.15, 0.2) is 53.7 Å². The Hall–Kier alpha value is -2.71. The molecule has 0 atom stereocenters. The Morgan fingerprint density at radius 1 is 1.06 bits per heavy atom. The molecule has 0 radical (unpaired) electrons. The average molecular weight is 486 g/mol. The first-order valence-electron chi connectivity index (χ1n) is 11.1. The van der Waals surface area contributed by atoms with Gasteiger partial charge in [0.15, 0.2) is 11.0 Å². The Balaban J connectivity index is 1.26. The lowest BCUT2D eigenvalue weighted by molar-refractivity contribution is -0.113. The highest BCUT2D eigenvalue weighted by Gasteiger charge is 2.14. The lowest BCUT2D eigenvalue weighted by Gasteiger charge is -2.22. The Morgan fingerprint density at radius 3 is 2.52 bits per heavy atom. The molecule has 1 aliphatic heterocycles. The molecule has 1 fully saturated rings. The first-order chi connectivity index (χ1) is 16.1. The smallest absolute Gasteiger partial charge is 0.234 e. The first-order valence-corrected chi connectivity index (χ1v) is 12.5. The first kappa shape index (κ1) is 23.4. The number of rotatable bonds is 8. The number of carbonyl (C=O) groups excluding carboxylic acids is 1. The third-order valence-electron chi connectivity index (χ3n) is 5.57. The van der Waals surface area contributed by atoms with Crippen LogP contribution in [0.5, 0.6) is 5.75 Å². The van der Waals surface area contributed by atoms with E-state index in [2.05, 4.69) is 32.5 Å². The van der Waals surface area contributed by atoms with Gasteiger partial charge in [0.25, 0.3) is 0 Å². The van der Waals surface area contributed by atoms with Crippen LogP contribution >= 0.6 is 23.4 Å². The summed E-state index contributed by atoms with van der Waals surface area (Å²) in [5, 5.41) is 12.5. The highest BCUT2D eigenvalue weighted by Crippen LogP contribution is 2.25. The molecule has 3 aromatic rings. The van der Waals surface area contributed by atoms with Gasteiger partial charge < -0.3 is 19.5 Å². The predicted octanol–water partition coefficient (Wildman–Crippen LogP) is 5.16. The van der Waals surface area contributed by atoms with E-state index in [0.717, 1.165) is 18.8 Å². The number of nitrogens with zero attached hydrogens (tertiary/aromatic N) is 4. The fourth-order valence-electron chi connectivity index (χ4n) is 3.71. The van der Waals surface area contributed by atoms with Crippen molar-refractivity contribution in [1.82, 2.24) is 14.8 Å². The monoisotopic (exact) mass is 485 g/mol. The maximum absolute atomic E-state index is 12.4. The fourth-order valence-corrected chi connectivity index (χ4v) is 4.63. The standard InChI is InChI=1S/C24H28ClN5O2S/c1-29-22(16-32-21-9-5-4-8-20(21)25)27-28-24(29)33-17-23(31)26-18-10-12-19(13-11-18)30-14-6-2-3-7-15-30/h4-5,8-13H,2-3,6-7,14-17H2,1H3,(H,26,31). The molecule has 1 aliphatic rings.